The van der Waals surface area contributed by atoms with Gasteiger partial charge in [-0.15, -0.1) is 11.8 Å². The smallest absolute Gasteiger partial charge is 0.238 e. The van der Waals surface area contributed by atoms with Crippen LogP contribution in [-0.2, 0) is 16.1 Å². The third-order valence-corrected chi connectivity index (χ3v) is 4.17. The predicted molar refractivity (Wildman–Crippen MR) is 84.5 cm³/mol. The SMILES string of the molecule is COc1ccc(COCCCNC(=O)C2CSCN2)cc1. The fourth-order valence-electron chi connectivity index (χ4n) is 1.98. The van der Waals surface area contributed by atoms with Gasteiger partial charge in [0.2, 0.25) is 5.91 Å². The van der Waals surface area contributed by atoms with Gasteiger partial charge < -0.3 is 14.8 Å². The van der Waals surface area contributed by atoms with Crippen molar-refractivity contribution in [2.24, 2.45) is 0 Å². The molecule has 5 nitrogen and oxygen atoms in total. The largest absolute Gasteiger partial charge is 0.497 e. The van der Waals surface area contributed by atoms with E-state index in [9.17, 15) is 4.79 Å². The molecule has 1 saturated heterocycles. The lowest BCUT2D eigenvalue weighted by Crippen LogP contribution is -2.42. The van der Waals surface area contributed by atoms with Crippen LogP contribution in [0.1, 0.15) is 12.0 Å². The summed E-state index contributed by atoms with van der Waals surface area (Å²) in [4.78, 5) is 11.7. The van der Waals surface area contributed by atoms with Gasteiger partial charge in [-0.3, -0.25) is 10.1 Å². The van der Waals surface area contributed by atoms with Crippen LogP contribution in [0.3, 0.4) is 0 Å². The molecular formula is C15H22N2O3S. The molecule has 0 radical (unpaired) electrons. The summed E-state index contributed by atoms with van der Waals surface area (Å²) in [6.45, 7) is 1.88. The summed E-state index contributed by atoms with van der Waals surface area (Å²) in [7, 11) is 1.65. The Hall–Kier alpha value is -1.24. The van der Waals surface area contributed by atoms with E-state index in [1.165, 1.54) is 0 Å². The first-order chi connectivity index (χ1) is 10.3. The highest BCUT2D eigenvalue weighted by atomic mass is 32.2. The molecule has 1 atom stereocenters. The number of rotatable bonds is 8. The number of nitrogens with one attached hydrogen (secondary N) is 2. The van der Waals surface area contributed by atoms with Gasteiger partial charge in [-0.25, -0.2) is 0 Å². The Labute approximate surface area is 129 Å². The third-order valence-electron chi connectivity index (χ3n) is 3.23. The van der Waals surface area contributed by atoms with Crippen molar-refractivity contribution in [3.8, 4) is 5.75 Å². The number of thioether (sulfide) groups is 1. The Balaban J connectivity index is 1.52. The van der Waals surface area contributed by atoms with E-state index in [0.29, 0.717) is 19.8 Å². The molecule has 1 heterocycles. The molecule has 0 spiro atoms. The predicted octanol–water partition coefficient (Wildman–Crippen LogP) is 1.38. The maximum Gasteiger partial charge on any atom is 0.238 e. The third kappa shape index (κ3) is 5.57. The van der Waals surface area contributed by atoms with Crippen LogP contribution >= 0.6 is 11.8 Å². The Morgan fingerprint density at radius 2 is 2.24 bits per heavy atom. The average molecular weight is 310 g/mol. The highest BCUT2D eigenvalue weighted by Crippen LogP contribution is 2.12. The number of carbonyl (C=O) groups is 1. The van der Waals surface area contributed by atoms with Crippen molar-refractivity contribution in [3.05, 3.63) is 29.8 Å². The van der Waals surface area contributed by atoms with Crippen LogP contribution in [0.25, 0.3) is 0 Å². The number of amides is 1. The molecule has 1 aromatic carbocycles. The summed E-state index contributed by atoms with van der Waals surface area (Å²) in [5, 5.41) is 6.08. The topological polar surface area (TPSA) is 59.6 Å². The number of hydrogen-bond acceptors (Lipinski definition) is 5. The molecule has 1 aliphatic heterocycles. The van der Waals surface area contributed by atoms with E-state index in [-0.39, 0.29) is 11.9 Å². The molecule has 0 aliphatic carbocycles. The zero-order valence-corrected chi connectivity index (χ0v) is 13.1. The minimum atomic E-state index is -0.0322. The number of methoxy groups -OCH3 is 1. The van der Waals surface area contributed by atoms with Crippen LogP contribution < -0.4 is 15.4 Å². The van der Waals surface area contributed by atoms with Gasteiger partial charge >= 0.3 is 0 Å². The van der Waals surface area contributed by atoms with Crippen LogP contribution in [0, 0.1) is 0 Å². The minimum absolute atomic E-state index is 0.0322. The van der Waals surface area contributed by atoms with Gasteiger partial charge in [0, 0.05) is 24.8 Å². The average Bonchev–Trinajstić information content (AvgIpc) is 3.05. The molecule has 1 fully saturated rings. The first-order valence-electron chi connectivity index (χ1n) is 7.09. The fraction of sp³-hybridized carbons (Fsp3) is 0.533. The van der Waals surface area contributed by atoms with Crippen LogP contribution in [-0.4, -0.2) is 43.8 Å². The van der Waals surface area contributed by atoms with Crippen LogP contribution in [0.5, 0.6) is 5.75 Å². The van der Waals surface area contributed by atoms with E-state index < -0.39 is 0 Å². The summed E-state index contributed by atoms with van der Waals surface area (Å²) in [5.74, 6) is 2.67. The standard InChI is InChI=1S/C15H22N2O3S/c1-19-13-5-3-12(4-6-13)9-20-8-2-7-16-15(18)14-10-21-11-17-14/h3-6,14,17H,2,7-11H2,1H3,(H,16,18). The van der Waals surface area contributed by atoms with Gasteiger partial charge in [0.1, 0.15) is 5.75 Å². The summed E-state index contributed by atoms with van der Waals surface area (Å²) in [6.07, 6.45) is 0.821. The molecule has 1 amide bonds. The van der Waals surface area contributed by atoms with E-state index in [1.807, 2.05) is 24.3 Å². The molecule has 116 valence electrons. The highest BCUT2D eigenvalue weighted by Gasteiger charge is 2.21. The Kier molecular flexibility index (Phi) is 6.85. The maximum atomic E-state index is 11.7. The van der Waals surface area contributed by atoms with Gasteiger partial charge in [0.25, 0.3) is 0 Å². The summed E-state index contributed by atoms with van der Waals surface area (Å²) < 4.78 is 10.7. The fourth-order valence-corrected chi connectivity index (χ4v) is 2.93. The van der Waals surface area contributed by atoms with Gasteiger partial charge in [-0.2, -0.15) is 0 Å². The van der Waals surface area contributed by atoms with Gasteiger partial charge in [0.05, 0.1) is 19.8 Å². The Bertz CT molecular complexity index is 433. The van der Waals surface area contributed by atoms with Crippen LogP contribution in [0.2, 0.25) is 0 Å². The lowest BCUT2D eigenvalue weighted by molar-refractivity contribution is -0.122. The molecule has 0 aromatic heterocycles. The molecule has 0 bridgehead atoms. The van der Waals surface area contributed by atoms with E-state index in [0.717, 1.165) is 29.4 Å². The number of benzene rings is 1. The molecule has 1 unspecified atom stereocenters. The quantitative estimate of drug-likeness (QED) is 0.711. The van der Waals surface area contributed by atoms with Crippen molar-refractivity contribution in [1.82, 2.24) is 10.6 Å². The number of hydrogen-bond donors (Lipinski definition) is 2. The second-order valence-corrected chi connectivity index (χ2v) is 5.85. The number of ether oxygens (including phenoxy) is 2. The van der Waals surface area contributed by atoms with Crippen molar-refractivity contribution in [3.63, 3.8) is 0 Å². The van der Waals surface area contributed by atoms with Crippen molar-refractivity contribution < 1.29 is 14.3 Å². The van der Waals surface area contributed by atoms with Crippen LogP contribution in [0.15, 0.2) is 24.3 Å². The molecular weight excluding hydrogens is 288 g/mol. The second kappa shape index (κ2) is 8.92. The monoisotopic (exact) mass is 310 g/mol. The molecule has 2 N–H and O–H groups in total. The summed E-state index contributed by atoms with van der Waals surface area (Å²) >= 11 is 1.75. The summed E-state index contributed by atoms with van der Waals surface area (Å²) in [6, 6.07) is 7.79. The maximum absolute atomic E-state index is 11.7. The van der Waals surface area contributed by atoms with Gasteiger partial charge in [-0.1, -0.05) is 12.1 Å². The second-order valence-electron chi connectivity index (χ2n) is 4.82. The molecule has 1 aliphatic rings. The normalized spacial score (nSPS) is 17.7. The molecule has 2 rings (SSSR count). The first kappa shape index (κ1) is 16.1. The Morgan fingerprint density at radius 1 is 1.43 bits per heavy atom. The first-order valence-corrected chi connectivity index (χ1v) is 8.24. The van der Waals surface area contributed by atoms with Crippen molar-refractivity contribution in [1.29, 1.82) is 0 Å². The lowest BCUT2D eigenvalue weighted by Gasteiger charge is -2.10. The lowest BCUT2D eigenvalue weighted by atomic mass is 10.2. The van der Waals surface area contributed by atoms with E-state index in [1.54, 1.807) is 18.9 Å². The zero-order chi connectivity index (χ0) is 14.9. The van der Waals surface area contributed by atoms with Crippen LogP contribution in [0.4, 0.5) is 0 Å². The van der Waals surface area contributed by atoms with Gasteiger partial charge in [-0.05, 0) is 24.1 Å². The van der Waals surface area contributed by atoms with E-state index >= 15 is 0 Å². The Morgan fingerprint density at radius 3 is 2.90 bits per heavy atom. The summed E-state index contributed by atoms with van der Waals surface area (Å²) in [5.41, 5.74) is 1.12. The van der Waals surface area contributed by atoms with E-state index in [2.05, 4.69) is 10.6 Å². The molecule has 0 saturated carbocycles. The van der Waals surface area contributed by atoms with E-state index in [4.69, 9.17) is 9.47 Å². The molecule has 6 heteroatoms. The zero-order valence-electron chi connectivity index (χ0n) is 12.3. The number of carbonyl (C=O) groups excluding carboxylic acids is 1. The highest BCUT2D eigenvalue weighted by molar-refractivity contribution is 7.99. The van der Waals surface area contributed by atoms with Crippen molar-refractivity contribution >= 4 is 17.7 Å². The molecule has 21 heavy (non-hydrogen) atoms. The van der Waals surface area contributed by atoms with Gasteiger partial charge in [0.15, 0.2) is 0 Å². The van der Waals surface area contributed by atoms with Crippen molar-refractivity contribution in [2.45, 2.75) is 19.1 Å². The van der Waals surface area contributed by atoms with Crippen molar-refractivity contribution in [2.75, 3.05) is 31.9 Å². The molecule has 1 aromatic rings. The minimum Gasteiger partial charge on any atom is -0.497 e.